The third kappa shape index (κ3) is 3.37. The van der Waals surface area contributed by atoms with Gasteiger partial charge in [-0.2, -0.15) is 0 Å². The van der Waals surface area contributed by atoms with Crippen molar-refractivity contribution in [3.05, 3.63) is 117 Å². The van der Waals surface area contributed by atoms with Crippen LogP contribution in [0.5, 0.6) is 0 Å². The fraction of sp³-hybridized carbons (Fsp3) is 0.0833. The minimum absolute atomic E-state index is 0.0809. The van der Waals surface area contributed by atoms with Gasteiger partial charge in [0, 0.05) is 23.7 Å². The van der Waals surface area contributed by atoms with E-state index in [1.807, 2.05) is 47.9 Å². The highest BCUT2D eigenvalue weighted by molar-refractivity contribution is 6.10. The fourth-order valence-corrected chi connectivity index (χ4v) is 3.28. The molecule has 0 aliphatic carbocycles. The maximum atomic E-state index is 13.2. The SMILES string of the molecule is Cc1ccc(Cn2cc(C(=O)c3ccc(F)cc3)c(=O)c3ccccc32)cc1. The molecule has 4 rings (SSSR count). The monoisotopic (exact) mass is 371 g/mol. The summed E-state index contributed by atoms with van der Waals surface area (Å²) in [7, 11) is 0. The van der Waals surface area contributed by atoms with Crippen molar-refractivity contribution in [3.63, 3.8) is 0 Å². The van der Waals surface area contributed by atoms with Crippen LogP contribution in [-0.2, 0) is 6.54 Å². The van der Waals surface area contributed by atoms with Crippen molar-refractivity contribution in [2.75, 3.05) is 0 Å². The summed E-state index contributed by atoms with van der Waals surface area (Å²) < 4.78 is 15.1. The molecule has 0 aliphatic heterocycles. The Morgan fingerprint density at radius 1 is 0.929 bits per heavy atom. The molecular formula is C24H18FNO2. The zero-order valence-corrected chi connectivity index (χ0v) is 15.4. The van der Waals surface area contributed by atoms with Crippen LogP contribution >= 0.6 is 0 Å². The molecule has 1 aromatic heterocycles. The zero-order valence-electron chi connectivity index (χ0n) is 15.4. The maximum Gasteiger partial charge on any atom is 0.200 e. The summed E-state index contributed by atoms with van der Waals surface area (Å²) in [5, 5.41) is 0.488. The van der Waals surface area contributed by atoms with E-state index < -0.39 is 11.6 Å². The number of nitrogens with zero attached hydrogens (tertiary/aromatic N) is 1. The lowest BCUT2D eigenvalue weighted by atomic mass is 10.0. The van der Waals surface area contributed by atoms with Crippen LogP contribution in [0.2, 0.25) is 0 Å². The van der Waals surface area contributed by atoms with Crippen molar-refractivity contribution >= 4 is 16.7 Å². The number of aromatic nitrogens is 1. The molecule has 0 bridgehead atoms. The molecule has 1 heterocycles. The van der Waals surface area contributed by atoms with Gasteiger partial charge in [0.1, 0.15) is 5.82 Å². The molecule has 28 heavy (non-hydrogen) atoms. The lowest BCUT2D eigenvalue weighted by Crippen LogP contribution is -2.20. The average molecular weight is 371 g/mol. The van der Waals surface area contributed by atoms with Crippen molar-refractivity contribution in [1.29, 1.82) is 0 Å². The Balaban J connectivity index is 1.86. The molecule has 0 amide bonds. The molecule has 0 saturated heterocycles. The fourth-order valence-electron chi connectivity index (χ4n) is 3.28. The Bertz CT molecular complexity index is 1220. The van der Waals surface area contributed by atoms with Gasteiger partial charge in [0.05, 0.1) is 11.1 Å². The molecule has 0 aliphatic rings. The second-order valence-corrected chi connectivity index (χ2v) is 6.84. The van der Waals surface area contributed by atoms with Crippen molar-refractivity contribution in [2.45, 2.75) is 13.5 Å². The Hall–Kier alpha value is -3.53. The number of rotatable bonds is 4. The lowest BCUT2D eigenvalue weighted by molar-refractivity contribution is 0.103. The maximum absolute atomic E-state index is 13.2. The number of hydrogen-bond acceptors (Lipinski definition) is 2. The molecule has 4 heteroatoms. The first-order valence-electron chi connectivity index (χ1n) is 9.01. The molecule has 0 N–H and O–H groups in total. The quantitative estimate of drug-likeness (QED) is 0.487. The van der Waals surface area contributed by atoms with E-state index in [2.05, 4.69) is 0 Å². The lowest BCUT2D eigenvalue weighted by Gasteiger charge is -2.13. The van der Waals surface area contributed by atoms with Crippen LogP contribution in [0.1, 0.15) is 27.0 Å². The van der Waals surface area contributed by atoms with Crippen LogP contribution in [-0.4, -0.2) is 10.4 Å². The number of fused-ring (bicyclic) bond motifs is 1. The van der Waals surface area contributed by atoms with Gasteiger partial charge in [-0.05, 0) is 48.9 Å². The third-order valence-electron chi connectivity index (χ3n) is 4.81. The summed E-state index contributed by atoms with van der Waals surface area (Å²) in [5.41, 5.74) is 3.06. The smallest absolute Gasteiger partial charge is 0.200 e. The summed E-state index contributed by atoms with van der Waals surface area (Å²) in [6.07, 6.45) is 1.61. The van der Waals surface area contributed by atoms with Gasteiger partial charge >= 0.3 is 0 Å². The Morgan fingerprint density at radius 3 is 2.32 bits per heavy atom. The first-order chi connectivity index (χ1) is 13.5. The summed E-state index contributed by atoms with van der Waals surface area (Å²) >= 11 is 0. The number of benzene rings is 3. The topological polar surface area (TPSA) is 39.1 Å². The second kappa shape index (κ2) is 7.24. The molecule has 3 aromatic carbocycles. The standard InChI is InChI=1S/C24H18FNO2/c1-16-6-8-17(9-7-16)14-26-15-21(23(27)18-10-12-19(25)13-11-18)24(28)20-4-2-3-5-22(20)26/h2-13,15H,14H2,1H3. The Kier molecular flexibility index (Phi) is 4.62. The second-order valence-electron chi connectivity index (χ2n) is 6.84. The highest BCUT2D eigenvalue weighted by Gasteiger charge is 2.17. The number of aryl methyl sites for hydroxylation is 1. The largest absolute Gasteiger partial charge is 0.342 e. The van der Waals surface area contributed by atoms with E-state index in [4.69, 9.17) is 0 Å². The number of carbonyl (C=O) groups excluding carboxylic acids is 1. The highest BCUT2D eigenvalue weighted by atomic mass is 19.1. The molecule has 0 atom stereocenters. The minimum atomic E-state index is -0.424. The normalized spacial score (nSPS) is 10.9. The van der Waals surface area contributed by atoms with Crippen LogP contribution < -0.4 is 5.43 Å². The van der Waals surface area contributed by atoms with Crippen LogP contribution in [0, 0.1) is 12.7 Å². The Morgan fingerprint density at radius 2 is 1.61 bits per heavy atom. The first-order valence-corrected chi connectivity index (χ1v) is 9.01. The predicted octanol–water partition coefficient (Wildman–Crippen LogP) is 4.73. The van der Waals surface area contributed by atoms with Crippen molar-refractivity contribution in [3.8, 4) is 0 Å². The number of hydrogen-bond donors (Lipinski definition) is 0. The Labute approximate surface area is 161 Å². The van der Waals surface area contributed by atoms with Gasteiger partial charge in [-0.15, -0.1) is 0 Å². The van der Waals surface area contributed by atoms with Gasteiger partial charge in [-0.25, -0.2) is 4.39 Å². The van der Waals surface area contributed by atoms with Gasteiger partial charge in [-0.1, -0.05) is 42.0 Å². The number of ketones is 1. The average Bonchev–Trinajstić information content (AvgIpc) is 2.72. The van der Waals surface area contributed by atoms with Crippen LogP contribution in [0.4, 0.5) is 4.39 Å². The molecule has 0 saturated carbocycles. The summed E-state index contributed by atoms with van der Waals surface area (Å²) in [6, 6.07) is 20.6. The van der Waals surface area contributed by atoms with Gasteiger partial charge in [-0.3, -0.25) is 9.59 Å². The van der Waals surface area contributed by atoms with Crippen LogP contribution in [0.15, 0.2) is 83.8 Å². The summed E-state index contributed by atoms with van der Waals surface area (Å²) in [4.78, 5) is 25.9. The van der Waals surface area contributed by atoms with E-state index in [1.54, 1.807) is 18.3 Å². The number of para-hydroxylation sites is 1. The van der Waals surface area contributed by atoms with Crippen molar-refractivity contribution < 1.29 is 9.18 Å². The van der Waals surface area contributed by atoms with Gasteiger partial charge in [0.25, 0.3) is 0 Å². The molecular weight excluding hydrogens is 353 g/mol. The molecule has 138 valence electrons. The molecule has 4 aromatic rings. The zero-order chi connectivity index (χ0) is 19.7. The van der Waals surface area contributed by atoms with Crippen LogP contribution in [0.3, 0.4) is 0 Å². The first kappa shape index (κ1) is 17.9. The number of carbonyl (C=O) groups is 1. The van der Waals surface area contributed by atoms with Crippen molar-refractivity contribution in [1.82, 2.24) is 4.57 Å². The molecule has 0 radical (unpaired) electrons. The highest BCUT2D eigenvalue weighted by Crippen LogP contribution is 2.17. The molecule has 0 unspecified atom stereocenters. The van der Waals surface area contributed by atoms with E-state index >= 15 is 0 Å². The van der Waals surface area contributed by atoms with E-state index in [1.165, 1.54) is 29.8 Å². The molecule has 3 nitrogen and oxygen atoms in total. The number of pyridine rings is 1. The van der Waals surface area contributed by atoms with E-state index in [-0.39, 0.29) is 16.6 Å². The third-order valence-corrected chi connectivity index (χ3v) is 4.81. The van der Waals surface area contributed by atoms with Gasteiger partial charge < -0.3 is 4.57 Å². The summed E-state index contributed by atoms with van der Waals surface area (Å²) in [6.45, 7) is 2.56. The van der Waals surface area contributed by atoms with Crippen molar-refractivity contribution in [2.24, 2.45) is 0 Å². The minimum Gasteiger partial charge on any atom is -0.342 e. The molecule has 0 spiro atoms. The summed E-state index contributed by atoms with van der Waals surface area (Å²) in [5.74, 6) is -0.833. The molecule has 0 fully saturated rings. The van der Waals surface area contributed by atoms with Gasteiger partial charge in [0.2, 0.25) is 5.43 Å². The predicted molar refractivity (Wildman–Crippen MR) is 108 cm³/mol. The van der Waals surface area contributed by atoms with E-state index in [9.17, 15) is 14.0 Å². The van der Waals surface area contributed by atoms with Gasteiger partial charge in [0.15, 0.2) is 5.78 Å². The number of halogens is 1. The van der Waals surface area contributed by atoms with E-state index in [0.29, 0.717) is 11.9 Å². The van der Waals surface area contributed by atoms with Crippen LogP contribution in [0.25, 0.3) is 10.9 Å². The van der Waals surface area contributed by atoms with E-state index in [0.717, 1.165) is 11.1 Å².